The number of carboxylic acids is 1. The smallest absolute Gasteiger partial charge is 0.358 e. The third-order valence-corrected chi connectivity index (χ3v) is 3.07. The summed E-state index contributed by atoms with van der Waals surface area (Å²) >= 11 is 0. The number of nitrogens with zero attached hydrogens (tertiary/aromatic N) is 3. The number of carbonyl (C=O) groups excluding carboxylic acids is 1. The summed E-state index contributed by atoms with van der Waals surface area (Å²) in [5.41, 5.74) is 2.31. The van der Waals surface area contributed by atoms with Crippen molar-refractivity contribution in [3.8, 4) is 0 Å². The van der Waals surface area contributed by atoms with Gasteiger partial charge in [0.25, 0.3) is 0 Å². The molecule has 0 radical (unpaired) electrons. The molecule has 1 aromatic heterocycles. The molecule has 0 bridgehead atoms. The van der Waals surface area contributed by atoms with Crippen LogP contribution >= 0.6 is 0 Å². The van der Waals surface area contributed by atoms with E-state index in [0.717, 1.165) is 11.1 Å². The first-order valence-electron chi connectivity index (χ1n) is 6.43. The van der Waals surface area contributed by atoms with Gasteiger partial charge in [0.05, 0.1) is 5.69 Å². The molecule has 0 spiro atoms. The van der Waals surface area contributed by atoms with Crippen LogP contribution in [0.1, 0.15) is 27.3 Å². The number of aromatic carboxylic acids is 1. The number of hydrogen-bond donors (Lipinski definition) is 2. The van der Waals surface area contributed by atoms with Crippen LogP contribution in [0.25, 0.3) is 0 Å². The van der Waals surface area contributed by atoms with Gasteiger partial charge in [-0.25, -0.2) is 9.48 Å². The van der Waals surface area contributed by atoms with Crippen molar-refractivity contribution in [2.75, 3.05) is 7.05 Å². The van der Waals surface area contributed by atoms with Gasteiger partial charge in [-0.3, -0.25) is 4.79 Å². The van der Waals surface area contributed by atoms with Crippen LogP contribution in [0.5, 0.6) is 0 Å². The van der Waals surface area contributed by atoms with E-state index < -0.39 is 5.97 Å². The molecule has 0 aliphatic carbocycles. The summed E-state index contributed by atoms with van der Waals surface area (Å²) in [5, 5.41) is 19.1. The van der Waals surface area contributed by atoms with Crippen molar-refractivity contribution in [2.24, 2.45) is 0 Å². The highest BCUT2D eigenvalue weighted by Gasteiger charge is 2.20. The number of rotatable bonds is 5. The third-order valence-electron chi connectivity index (χ3n) is 3.07. The first-order chi connectivity index (χ1) is 10.0. The number of nitrogens with one attached hydrogen (secondary N) is 1. The minimum atomic E-state index is -1.15. The predicted molar refractivity (Wildman–Crippen MR) is 75.0 cm³/mol. The Bertz CT molecular complexity index is 679. The van der Waals surface area contributed by atoms with Crippen molar-refractivity contribution in [3.63, 3.8) is 0 Å². The lowest BCUT2D eigenvalue weighted by molar-refractivity contribution is -0.121. The molecule has 0 fully saturated rings. The Morgan fingerprint density at radius 3 is 2.76 bits per heavy atom. The highest BCUT2D eigenvalue weighted by molar-refractivity contribution is 5.86. The Labute approximate surface area is 121 Å². The van der Waals surface area contributed by atoms with Crippen molar-refractivity contribution < 1.29 is 14.7 Å². The fourth-order valence-electron chi connectivity index (χ4n) is 2.03. The molecule has 0 aliphatic heterocycles. The maximum atomic E-state index is 11.5. The molecule has 21 heavy (non-hydrogen) atoms. The van der Waals surface area contributed by atoms with Gasteiger partial charge in [-0.15, -0.1) is 5.10 Å². The minimum Gasteiger partial charge on any atom is -0.476 e. The van der Waals surface area contributed by atoms with Crippen molar-refractivity contribution in [2.45, 2.75) is 19.9 Å². The zero-order valence-electron chi connectivity index (χ0n) is 11.8. The van der Waals surface area contributed by atoms with E-state index in [1.807, 2.05) is 31.2 Å². The fourth-order valence-corrected chi connectivity index (χ4v) is 2.03. The van der Waals surface area contributed by atoms with E-state index in [-0.39, 0.29) is 18.1 Å². The lowest BCUT2D eigenvalue weighted by atomic mass is 10.1. The molecular formula is C14H16N4O3. The summed E-state index contributed by atoms with van der Waals surface area (Å²) in [6, 6.07) is 7.72. The Hall–Kier alpha value is -2.70. The van der Waals surface area contributed by atoms with Gasteiger partial charge >= 0.3 is 5.97 Å². The first kappa shape index (κ1) is 14.7. The number of carbonyl (C=O) groups is 2. The molecule has 110 valence electrons. The number of aromatic nitrogens is 3. The van der Waals surface area contributed by atoms with E-state index in [2.05, 4.69) is 15.6 Å². The zero-order valence-corrected chi connectivity index (χ0v) is 11.8. The van der Waals surface area contributed by atoms with Crippen LogP contribution in [-0.2, 0) is 17.8 Å². The van der Waals surface area contributed by atoms with Crippen LogP contribution in [0.3, 0.4) is 0 Å². The van der Waals surface area contributed by atoms with E-state index in [1.54, 1.807) is 0 Å². The standard InChI is InChI=1S/C14H16N4O3/c1-9-4-3-5-10(6-9)7-11-13(14(20)21)16-17-18(11)8-12(19)15-2/h3-6H,7-8H2,1-2H3,(H,15,19)(H,20,21). The quantitative estimate of drug-likeness (QED) is 0.840. The summed E-state index contributed by atoms with van der Waals surface area (Å²) in [6.45, 7) is 1.90. The number of likely N-dealkylation sites (N-methyl/N-ethyl adjacent to an activating group) is 1. The summed E-state index contributed by atoms with van der Waals surface area (Å²) in [5.74, 6) is -1.41. The van der Waals surface area contributed by atoms with Crippen molar-refractivity contribution in [3.05, 3.63) is 46.8 Å². The van der Waals surface area contributed by atoms with Crippen molar-refractivity contribution >= 4 is 11.9 Å². The van der Waals surface area contributed by atoms with E-state index >= 15 is 0 Å². The maximum absolute atomic E-state index is 11.5. The molecular weight excluding hydrogens is 272 g/mol. The molecule has 2 rings (SSSR count). The minimum absolute atomic E-state index is 0.0576. The number of carboxylic acid groups (broad SMARTS) is 1. The second-order valence-corrected chi connectivity index (χ2v) is 4.69. The topological polar surface area (TPSA) is 97.1 Å². The molecule has 0 unspecified atom stereocenters. The molecule has 1 amide bonds. The molecule has 7 heteroatoms. The zero-order chi connectivity index (χ0) is 15.4. The van der Waals surface area contributed by atoms with Crippen LogP contribution in [0.15, 0.2) is 24.3 Å². The summed E-state index contributed by atoms with van der Waals surface area (Å²) in [6.07, 6.45) is 0.354. The van der Waals surface area contributed by atoms with Crippen molar-refractivity contribution in [1.29, 1.82) is 0 Å². The first-order valence-corrected chi connectivity index (χ1v) is 6.43. The number of aryl methyl sites for hydroxylation is 1. The van der Waals surface area contributed by atoms with Crippen LogP contribution < -0.4 is 5.32 Å². The average Bonchev–Trinajstić information content (AvgIpc) is 2.82. The van der Waals surface area contributed by atoms with E-state index in [4.69, 9.17) is 0 Å². The van der Waals surface area contributed by atoms with E-state index in [0.29, 0.717) is 12.1 Å². The highest BCUT2D eigenvalue weighted by Crippen LogP contribution is 2.14. The molecule has 1 aromatic carbocycles. The van der Waals surface area contributed by atoms with Crippen LogP contribution in [0.2, 0.25) is 0 Å². The van der Waals surface area contributed by atoms with Gasteiger partial charge in [0.1, 0.15) is 6.54 Å². The fraction of sp³-hybridized carbons (Fsp3) is 0.286. The second kappa shape index (κ2) is 6.17. The largest absolute Gasteiger partial charge is 0.476 e. The lowest BCUT2D eigenvalue weighted by Crippen LogP contribution is -2.25. The monoisotopic (exact) mass is 288 g/mol. The number of benzene rings is 1. The van der Waals surface area contributed by atoms with Gasteiger partial charge in [0, 0.05) is 13.5 Å². The average molecular weight is 288 g/mol. The molecule has 1 heterocycles. The summed E-state index contributed by atoms with van der Waals surface area (Å²) in [7, 11) is 1.51. The SMILES string of the molecule is CNC(=O)Cn1nnc(C(=O)O)c1Cc1cccc(C)c1. The Morgan fingerprint density at radius 2 is 2.14 bits per heavy atom. The van der Waals surface area contributed by atoms with Crippen LogP contribution in [-0.4, -0.2) is 39.0 Å². The molecule has 0 atom stereocenters. The van der Waals surface area contributed by atoms with Gasteiger partial charge in [-0.1, -0.05) is 35.0 Å². The van der Waals surface area contributed by atoms with Crippen LogP contribution in [0, 0.1) is 6.92 Å². The van der Waals surface area contributed by atoms with Gasteiger partial charge in [-0.05, 0) is 12.5 Å². The van der Waals surface area contributed by atoms with Gasteiger partial charge in [-0.2, -0.15) is 0 Å². The lowest BCUT2D eigenvalue weighted by Gasteiger charge is -2.07. The number of amides is 1. The Morgan fingerprint density at radius 1 is 1.38 bits per heavy atom. The van der Waals surface area contributed by atoms with Crippen LogP contribution in [0.4, 0.5) is 0 Å². The summed E-state index contributed by atoms with van der Waals surface area (Å²) < 4.78 is 1.32. The number of hydrogen-bond acceptors (Lipinski definition) is 4. The highest BCUT2D eigenvalue weighted by atomic mass is 16.4. The molecule has 0 aliphatic rings. The summed E-state index contributed by atoms with van der Waals surface area (Å²) in [4.78, 5) is 22.7. The molecule has 0 saturated heterocycles. The maximum Gasteiger partial charge on any atom is 0.358 e. The molecule has 2 N–H and O–H groups in total. The van der Waals surface area contributed by atoms with E-state index in [9.17, 15) is 14.7 Å². The Balaban J connectivity index is 2.36. The van der Waals surface area contributed by atoms with Gasteiger partial charge in [0.15, 0.2) is 5.69 Å². The normalized spacial score (nSPS) is 10.4. The second-order valence-electron chi connectivity index (χ2n) is 4.69. The molecule has 2 aromatic rings. The molecule has 7 nitrogen and oxygen atoms in total. The third kappa shape index (κ3) is 3.44. The van der Waals surface area contributed by atoms with Gasteiger partial charge in [0.2, 0.25) is 5.91 Å². The molecule has 0 saturated carbocycles. The van der Waals surface area contributed by atoms with E-state index in [1.165, 1.54) is 11.7 Å². The van der Waals surface area contributed by atoms with Crippen molar-refractivity contribution in [1.82, 2.24) is 20.3 Å². The van der Waals surface area contributed by atoms with Gasteiger partial charge < -0.3 is 10.4 Å². The predicted octanol–water partition coefficient (Wildman–Crippen LogP) is 0.622. The Kier molecular flexibility index (Phi) is 4.32.